The van der Waals surface area contributed by atoms with E-state index in [1.165, 1.54) is 13.0 Å². The Morgan fingerprint density at radius 2 is 1.96 bits per heavy atom. The Kier molecular flexibility index (Phi) is 12.5. The number of hydrogen-bond donors (Lipinski definition) is 3. The third-order valence-corrected chi connectivity index (χ3v) is 8.30. The number of aromatic carboxylic acids is 1. The summed E-state index contributed by atoms with van der Waals surface area (Å²) in [4.78, 5) is 38.3. The number of rotatable bonds is 15. The Labute approximate surface area is 283 Å². The third-order valence-electron chi connectivity index (χ3n) is 7.78. The monoisotopic (exact) mass is 676 g/mol. The van der Waals surface area contributed by atoms with Crippen LogP contribution in [-0.2, 0) is 6.42 Å². The summed E-state index contributed by atoms with van der Waals surface area (Å²) in [5.41, 5.74) is 0.698. The number of allylic oxidation sites excluding steroid dienone is 3. The first-order valence-corrected chi connectivity index (χ1v) is 16.2. The number of aliphatic hydroxyl groups is 1. The molecule has 0 radical (unpaired) electrons. The smallest absolute Gasteiger partial charge is 0.372 e. The van der Waals surface area contributed by atoms with E-state index in [-0.39, 0.29) is 33.3 Å². The van der Waals surface area contributed by atoms with Crippen LogP contribution in [0.1, 0.15) is 95.6 Å². The third kappa shape index (κ3) is 8.74. The molecule has 2 aromatic carbocycles. The number of halogens is 1. The molecule has 4 rings (SSSR count). The maximum Gasteiger partial charge on any atom is 0.372 e. The number of unbranched alkanes of at least 4 members (excludes halogenated alkanes) is 2. The molecule has 0 unspecified atom stereocenters. The summed E-state index contributed by atoms with van der Waals surface area (Å²) in [6.45, 7) is 3.84. The second-order valence-corrected chi connectivity index (χ2v) is 12.2. The molecule has 1 aromatic heterocycles. The van der Waals surface area contributed by atoms with Gasteiger partial charge in [-0.3, -0.25) is 9.59 Å². The fraction of sp³-hybridized carbons (Fsp3) is 0.297. The minimum Gasteiger partial charge on any atom is -0.507 e. The molecule has 8 nitrogen and oxygen atoms in total. The van der Waals surface area contributed by atoms with Gasteiger partial charge in [-0.05, 0) is 68.5 Å². The van der Waals surface area contributed by atoms with Crippen molar-refractivity contribution in [2.24, 2.45) is 0 Å². The van der Waals surface area contributed by atoms with Gasteiger partial charge in [0.05, 0.1) is 29.1 Å². The maximum absolute atomic E-state index is 13.7. The number of aliphatic hydroxyl groups excluding tert-OH is 1. The van der Waals surface area contributed by atoms with E-state index in [1.54, 1.807) is 60.7 Å². The highest BCUT2D eigenvalue weighted by Crippen LogP contribution is 2.34. The van der Waals surface area contributed by atoms with Crippen LogP contribution in [0.25, 0.3) is 12.2 Å². The van der Waals surface area contributed by atoms with Gasteiger partial charge in [0.1, 0.15) is 16.9 Å². The van der Waals surface area contributed by atoms with E-state index < -0.39 is 29.2 Å². The molecule has 47 heavy (non-hydrogen) atoms. The zero-order valence-electron chi connectivity index (χ0n) is 26.2. The van der Waals surface area contributed by atoms with Crippen molar-refractivity contribution in [3.63, 3.8) is 0 Å². The van der Waals surface area contributed by atoms with Crippen LogP contribution in [0.15, 0.2) is 69.9 Å². The van der Waals surface area contributed by atoms with Crippen LogP contribution in [0.3, 0.4) is 0 Å². The lowest BCUT2D eigenvalue weighted by molar-refractivity contribution is 0.0650. The Morgan fingerprint density at radius 1 is 1.17 bits per heavy atom. The van der Waals surface area contributed by atoms with Crippen molar-refractivity contribution in [1.29, 1.82) is 0 Å². The number of phenolic OH excluding ortho intramolecular Hbond substituents is 1. The van der Waals surface area contributed by atoms with Gasteiger partial charge in [-0.15, -0.1) is 0 Å². The summed E-state index contributed by atoms with van der Waals surface area (Å²) < 4.78 is 11.6. The van der Waals surface area contributed by atoms with Gasteiger partial charge in [0, 0.05) is 27.8 Å². The summed E-state index contributed by atoms with van der Waals surface area (Å²) in [7, 11) is 0. The molecule has 10 heteroatoms. The molecule has 0 spiro atoms. The molecular formula is C37H37ClO8S. The maximum atomic E-state index is 13.7. The summed E-state index contributed by atoms with van der Waals surface area (Å²) in [5.74, 6) is -2.71. The molecule has 1 heterocycles. The van der Waals surface area contributed by atoms with Gasteiger partial charge in [0.15, 0.2) is 11.2 Å². The van der Waals surface area contributed by atoms with Gasteiger partial charge in [-0.25, -0.2) is 4.79 Å². The number of carboxylic acids is 1. The quantitative estimate of drug-likeness (QED) is 0.0727. The summed E-state index contributed by atoms with van der Waals surface area (Å²) >= 11 is 11.4. The predicted octanol–water partition coefficient (Wildman–Crippen LogP) is 6.37. The van der Waals surface area contributed by atoms with Crippen LogP contribution in [0.5, 0.6) is 11.5 Å². The van der Waals surface area contributed by atoms with Gasteiger partial charge < -0.3 is 24.5 Å². The molecule has 0 amide bonds. The molecule has 0 saturated carbocycles. The minimum atomic E-state index is -1.44. The highest BCUT2D eigenvalue weighted by atomic mass is 35.5. The molecule has 3 aromatic rings. The lowest BCUT2D eigenvalue weighted by Gasteiger charge is -2.21. The lowest BCUT2D eigenvalue weighted by atomic mass is 9.87. The van der Waals surface area contributed by atoms with Crippen molar-refractivity contribution in [2.75, 3.05) is 6.61 Å². The number of aromatic hydroxyl groups is 1. The van der Waals surface area contributed by atoms with E-state index in [0.717, 1.165) is 19.3 Å². The Balaban J connectivity index is 1.49. The number of ether oxygens (including phenoxy) is 1. The molecule has 2 atom stereocenters. The van der Waals surface area contributed by atoms with Crippen LogP contribution in [0.4, 0.5) is 0 Å². The summed E-state index contributed by atoms with van der Waals surface area (Å²) in [6.07, 6.45) is 12.7. The van der Waals surface area contributed by atoms with Crippen LogP contribution in [-0.4, -0.2) is 38.5 Å². The van der Waals surface area contributed by atoms with Crippen molar-refractivity contribution in [3.8, 4) is 11.5 Å². The van der Waals surface area contributed by atoms with E-state index in [1.807, 2.05) is 13.0 Å². The van der Waals surface area contributed by atoms with Crippen LogP contribution in [0.2, 0.25) is 5.02 Å². The molecule has 246 valence electrons. The molecule has 0 fully saturated rings. The predicted molar refractivity (Wildman–Crippen MR) is 186 cm³/mol. The van der Waals surface area contributed by atoms with Crippen molar-refractivity contribution in [3.05, 3.63) is 115 Å². The number of fused-ring (bicyclic) bond motifs is 1. The number of carboxylic acid groups (broad SMARTS) is 1. The van der Waals surface area contributed by atoms with E-state index in [4.69, 9.17) is 33.0 Å². The number of phenols is 1. The molecule has 0 aliphatic heterocycles. The van der Waals surface area contributed by atoms with Gasteiger partial charge >= 0.3 is 5.97 Å². The van der Waals surface area contributed by atoms with Crippen LogP contribution < -0.4 is 20.8 Å². The second kappa shape index (κ2) is 16.5. The molecule has 3 N–H and O–H groups in total. The number of thiocarbonyl (C=S) groups is 1. The molecular weight excluding hydrogens is 640 g/mol. The standard InChI is InChI=1S/C37H37ClO8S/c1-3-11-27-30(18-17-26(22(2)39)34(27)41)45-19-9-7-5-4-6-8-14-29(33(40)23-12-10-13-24(38)20-23)32-35(42)28-16-15-25(47)21-31(28)46-36(32)37(43)44/h4,6,8,10,12-14,16-18,20-21,29,33,40-41H,3,5,7,9,11,15,19H2,1-2H3,(H,43,44)/b6-4-,14-8+/t29-,33-/m0/s1. The van der Waals surface area contributed by atoms with E-state index in [2.05, 4.69) is 0 Å². The van der Waals surface area contributed by atoms with Crippen molar-refractivity contribution >= 4 is 52.6 Å². The van der Waals surface area contributed by atoms with Crippen molar-refractivity contribution in [2.45, 2.75) is 64.4 Å². The first kappa shape index (κ1) is 35.5. The molecule has 1 aliphatic carbocycles. The fourth-order valence-electron chi connectivity index (χ4n) is 5.44. The average Bonchev–Trinajstić information content (AvgIpc) is 3.03. The average molecular weight is 677 g/mol. The summed E-state index contributed by atoms with van der Waals surface area (Å²) in [5, 5.41) is 32.6. The first-order valence-electron chi connectivity index (χ1n) is 15.4. The zero-order valence-corrected chi connectivity index (χ0v) is 27.8. The Hall–Kier alpha value is -4.31. The minimum absolute atomic E-state index is 0.0189. The summed E-state index contributed by atoms with van der Waals surface area (Å²) in [6, 6.07) is 9.84. The highest BCUT2D eigenvalue weighted by Gasteiger charge is 2.31. The molecule has 0 bridgehead atoms. The number of carbonyl (C=O) groups excluding carboxylic acids is 1. The fourth-order valence-corrected chi connectivity index (χ4v) is 5.83. The van der Waals surface area contributed by atoms with E-state index >= 15 is 0 Å². The topological polar surface area (TPSA) is 134 Å². The van der Waals surface area contributed by atoms with Gasteiger partial charge in [0.2, 0.25) is 5.76 Å². The Bertz CT molecular complexity index is 1910. The largest absolute Gasteiger partial charge is 0.507 e. The number of ketones is 1. The van der Waals surface area contributed by atoms with Gasteiger partial charge in [0.25, 0.3) is 0 Å². The SMILES string of the molecule is CCCc1c(OCCCC/C=C\C=C\[C@@H](c2c(C(=O)O)oc3c(c2=O)=CCC(=S)C=3)[C@@H](O)c2cccc(Cl)c2)ccc(C(C)=O)c1O. The first-order chi connectivity index (χ1) is 22.5. The van der Waals surface area contributed by atoms with Crippen molar-refractivity contribution in [1.82, 2.24) is 0 Å². The highest BCUT2D eigenvalue weighted by molar-refractivity contribution is 7.81. The molecule has 0 saturated heterocycles. The normalized spacial score (nSPS) is 14.0. The van der Waals surface area contributed by atoms with E-state index in [9.17, 15) is 29.7 Å². The number of Topliss-reactive ketones (excluding diaryl/α,β-unsaturated/α-hetero) is 1. The van der Waals surface area contributed by atoms with Gasteiger partial charge in [-0.2, -0.15) is 0 Å². The molecule has 1 aliphatic rings. The second-order valence-electron chi connectivity index (χ2n) is 11.2. The number of hydrogen-bond acceptors (Lipinski definition) is 8. The number of carbonyl (C=O) groups is 2. The van der Waals surface area contributed by atoms with E-state index in [0.29, 0.717) is 52.6 Å². The van der Waals surface area contributed by atoms with Crippen molar-refractivity contribution < 1.29 is 34.1 Å². The van der Waals surface area contributed by atoms with Gasteiger partial charge in [-0.1, -0.05) is 79.7 Å². The number of benzene rings is 2. The van der Waals surface area contributed by atoms with Crippen LogP contribution in [0, 0.1) is 0 Å². The lowest BCUT2D eigenvalue weighted by Crippen LogP contribution is -2.45. The zero-order chi connectivity index (χ0) is 34.1. The Morgan fingerprint density at radius 3 is 2.66 bits per heavy atom. The van der Waals surface area contributed by atoms with Crippen LogP contribution >= 0.6 is 23.8 Å².